The third-order valence-electron chi connectivity index (χ3n) is 4.48. The van der Waals surface area contributed by atoms with Crippen LogP contribution in [0.2, 0.25) is 0 Å². The molecule has 0 saturated carbocycles. The van der Waals surface area contributed by atoms with Crippen molar-refractivity contribution in [3.63, 3.8) is 0 Å². The number of H-pyrrole nitrogens is 1. The Bertz CT molecular complexity index is 1140. The van der Waals surface area contributed by atoms with Gasteiger partial charge in [-0.1, -0.05) is 12.1 Å². The minimum Gasteiger partial charge on any atom is -0.494 e. The number of rotatable bonds is 3. The van der Waals surface area contributed by atoms with Gasteiger partial charge in [0, 0.05) is 35.9 Å². The molecule has 0 aliphatic heterocycles. The molecule has 1 aromatic carbocycles. The Hall–Kier alpha value is -3.41. The third kappa shape index (κ3) is 2.65. The fourth-order valence-corrected chi connectivity index (χ4v) is 3.27. The van der Waals surface area contributed by atoms with Crippen LogP contribution in [0.25, 0.3) is 22.0 Å². The largest absolute Gasteiger partial charge is 0.494 e. The zero-order chi connectivity index (χ0) is 18.3. The van der Waals surface area contributed by atoms with E-state index in [0.29, 0.717) is 5.56 Å². The number of hydrogen-bond donors (Lipinski definition) is 2. The molecule has 0 atom stereocenters. The number of pyridine rings is 1. The molecule has 0 saturated heterocycles. The van der Waals surface area contributed by atoms with E-state index in [9.17, 15) is 5.11 Å². The molecule has 0 amide bonds. The molecule has 0 fully saturated rings. The number of benzene rings is 1. The zero-order valence-electron chi connectivity index (χ0n) is 14.9. The second kappa shape index (κ2) is 6.15. The van der Waals surface area contributed by atoms with Gasteiger partial charge in [-0.2, -0.15) is 5.10 Å². The summed E-state index contributed by atoms with van der Waals surface area (Å²) in [7, 11) is 1.85. The molecule has 0 bridgehead atoms. The quantitative estimate of drug-likeness (QED) is 0.548. The number of nitrogens with one attached hydrogen (secondary N) is 1. The Morgan fingerprint density at radius 3 is 2.77 bits per heavy atom. The molecule has 3 aromatic heterocycles. The monoisotopic (exact) mass is 345 g/mol. The minimum absolute atomic E-state index is 0.110. The molecule has 0 aliphatic carbocycles. The maximum atomic E-state index is 10.6. The lowest BCUT2D eigenvalue weighted by Gasteiger charge is -2.09. The first kappa shape index (κ1) is 16.1. The molecule has 0 unspecified atom stereocenters. The Balaban J connectivity index is 1.97. The van der Waals surface area contributed by atoms with Gasteiger partial charge in [0.25, 0.3) is 0 Å². The highest BCUT2D eigenvalue weighted by Crippen LogP contribution is 2.37. The van der Waals surface area contributed by atoms with Crippen molar-refractivity contribution in [2.75, 3.05) is 0 Å². The van der Waals surface area contributed by atoms with Crippen molar-refractivity contribution in [3.8, 4) is 17.0 Å². The van der Waals surface area contributed by atoms with Crippen LogP contribution < -0.4 is 0 Å². The van der Waals surface area contributed by atoms with E-state index in [-0.39, 0.29) is 5.88 Å². The number of aryl methyl sites for hydroxylation is 2. The van der Waals surface area contributed by atoms with Gasteiger partial charge in [-0.25, -0.2) is 4.99 Å². The van der Waals surface area contributed by atoms with Crippen LogP contribution >= 0.6 is 0 Å². The van der Waals surface area contributed by atoms with Crippen LogP contribution in [0.3, 0.4) is 0 Å². The average Bonchev–Trinajstić information content (AvgIpc) is 3.17. The lowest BCUT2D eigenvalue weighted by molar-refractivity contribution is 0.457. The molecule has 6 heteroatoms. The predicted molar refractivity (Wildman–Crippen MR) is 103 cm³/mol. The number of hydrogen-bond acceptors (Lipinski definition) is 4. The molecule has 3 heterocycles. The van der Waals surface area contributed by atoms with Gasteiger partial charge in [-0.15, -0.1) is 0 Å². The maximum Gasteiger partial charge on any atom is 0.198 e. The smallest absolute Gasteiger partial charge is 0.198 e. The van der Waals surface area contributed by atoms with Crippen LogP contribution in [-0.4, -0.2) is 30.6 Å². The summed E-state index contributed by atoms with van der Waals surface area (Å²) in [5, 5.41) is 15.6. The predicted octanol–water partition coefficient (Wildman–Crippen LogP) is 4.12. The van der Waals surface area contributed by atoms with E-state index in [1.165, 1.54) is 0 Å². The van der Waals surface area contributed by atoms with Gasteiger partial charge in [-0.05, 0) is 37.1 Å². The summed E-state index contributed by atoms with van der Waals surface area (Å²) >= 11 is 0. The molecule has 26 heavy (non-hydrogen) atoms. The highest BCUT2D eigenvalue weighted by atomic mass is 16.3. The van der Waals surface area contributed by atoms with Gasteiger partial charge in [0.2, 0.25) is 0 Å². The molecular weight excluding hydrogens is 326 g/mol. The first-order valence-electron chi connectivity index (χ1n) is 8.33. The highest BCUT2D eigenvalue weighted by molar-refractivity contribution is 6.16. The van der Waals surface area contributed by atoms with Crippen molar-refractivity contribution in [1.29, 1.82) is 0 Å². The van der Waals surface area contributed by atoms with E-state index >= 15 is 0 Å². The van der Waals surface area contributed by atoms with Gasteiger partial charge in [0.15, 0.2) is 5.88 Å². The summed E-state index contributed by atoms with van der Waals surface area (Å²) in [6.45, 7) is 3.95. The van der Waals surface area contributed by atoms with Crippen LogP contribution in [0.1, 0.15) is 18.1 Å². The van der Waals surface area contributed by atoms with E-state index < -0.39 is 0 Å². The third-order valence-corrected chi connectivity index (χ3v) is 4.48. The molecular formula is C20H19N5O. The molecule has 0 radical (unpaired) electrons. The molecule has 4 aromatic rings. The Morgan fingerprint density at radius 1 is 1.19 bits per heavy atom. The molecule has 0 aliphatic rings. The van der Waals surface area contributed by atoms with Gasteiger partial charge in [-0.3, -0.25) is 9.67 Å². The lowest BCUT2D eigenvalue weighted by Crippen LogP contribution is -1.95. The second-order valence-corrected chi connectivity index (χ2v) is 6.34. The van der Waals surface area contributed by atoms with E-state index in [4.69, 9.17) is 0 Å². The van der Waals surface area contributed by atoms with Crippen molar-refractivity contribution in [2.24, 2.45) is 12.0 Å². The normalized spacial score (nSPS) is 12.0. The summed E-state index contributed by atoms with van der Waals surface area (Å²) in [6.07, 6.45) is 7.16. The van der Waals surface area contributed by atoms with E-state index in [2.05, 4.69) is 27.0 Å². The average molecular weight is 345 g/mol. The van der Waals surface area contributed by atoms with Crippen LogP contribution in [0.4, 0.5) is 5.69 Å². The first-order valence-corrected chi connectivity index (χ1v) is 8.33. The van der Waals surface area contributed by atoms with Gasteiger partial charge in [0.05, 0.1) is 23.7 Å². The van der Waals surface area contributed by atoms with Crippen molar-refractivity contribution >= 4 is 22.3 Å². The SMILES string of the molecule is CC(=Nc1cnn(C)c1)c1c(O)[nH]c2cccc(-c3cnccc3C)c12. The zero-order valence-corrected chi connectivity index (χ0v) is 14.9. The number of aliphatic imine (C=N–C) groups is 1. The Morgan fingerprint density at radius 2 is 2.04 bits per heavy atom. The Labute approximate surface area is 150 Å². The summed E-state index contributed by atoms with van der Waals surface area (Å²) in [5.41, 5.74) is 6.19. The van der Waals surface area contributed by atoms with E-state index in [0.717, 1.165) is 39.0 Å². The van der Waals surface area contributed by atoms with E-state index in [1.54, 1.807) is 17.1 Å². The fourth-order valence-electron chi connectivity index (χ4n) is 3.27. The van der Waals surface area contributed by atoms with Crippen molar-refractivity contribution in [1.82, 2.24) is 19.7 Å². The van der Waals surface area contributed by atoms with Gasteiger partial charge < -0.3 is 10.1 Å². The standard InChI is InChI=1S/C20H19N5O/c1-12-7-8-21-10-16(12)15-5-4-6-17-19(15)18(20(26)24-17)13(2)23-14-9-22-25(3)11-14/h4-11,24,26H,1-3H3. The molecule has 2 N–H and O–H groups in total. The maximum absolute atomic E-state index is 10.6. The summed E-state index contributed by atoms with van der Waals surface area (Å²) in [6, 6.07) is 7.94. The number of aromatic amines is 1. The molecule has 4 rings (SSSR count). The molecule has 130 valence electrons. The summed E-state index contributed by atoms with van der Waals surface area (Å²) in [5.74, 6) is 0.110. The molecule has 6 nitrogen and oxygen atoms in total. The van der Waals surface area contributed by atoms with Crippen LogP contribution in [0, 0.1) is 6.92 Å². The van der Waals surface area contributed by atoms with Crippen LogP contribution in [0.5, 0.6) is 5.88 Å². The highest BCUT2D eigenvalue weighted by Gasteiger charge is 2.18. The first-order chi connectivity index (χ1) is 12.5. The number of aromatic hydroxyl groups is 1. The number of nitrogens with zero attached hydrogens (tertiary/aromatic N) is 4. The topological polar surface area (TPSA) is 79.1 Å². The van der Waals surface area contributed by atoms with Gasteiger partial charge in [0.1, 0.15) is 5.69 Å². The summed E-state index contributed by atoms with van der Waals surface area (Å²) < 4.78 is 1.70. The summed E-state index contributed by atoms with van der Waals surface area (Å²) in [4.78, 5) is 12.0. The lowest BCUT2D eigenvalue weighted by atomic mass is 9.96. The minimum atomic E-state index is 0.110. The van der Waals surface area contributed by atoms with Gasteiger partial charge >= 0.3 is 0 Å². The van der Waals surface area contributed by atoms with Crippen LogP contribution in [0.15, 0.2) is 54.0 Å². The molecule has 0 spiro atoms. The van der Waals surface area contributed by atoms with Crippen molar-refractivity contribution in [2.45, 2.75) is 13.8 Å². The fraction of sp³-hybridized carbons (Fsp3) is 0.150. The van der Waals surface area contributed by atoms with E-state index in [1.807, 2.05) is 50.6 Å². The Kier molecular flexibility index (Phi) is 3.80. The number of aromatic nitrogens is 4. The van der Waals surface area contributed by atoms with Crippen molar-refractivity contribution < 1.29 is 5.11 Å². The van der Waals surface area contributed by atoms with Crippen LogP contribution in [-0.2, 0) is 7.05 Å². The second-order valence-electron chi connectivity index (χ2n) is 6.34. The van der Waals surface area contributed by atoms with Crippen molar-refractivity contribution in [3.05, 3.63) is 60.2 Å². The number of fused-ring (bicyclic) bond motifs is 1.